The zero-order valence-electron chi connectivity index (χ0n) is 46.1. The third-order valence-electron chi connectivity index (χ3n) is 13.6. The van der Waals surface area contributed by atoms with Gasteiger partial charge < -0.3 is 64.1 Å². The van der Waals surface area contributed by atoms with Crippen molar-refractivity contribution in [2.45, 2.75) is 121 Å². The number of nitrogens with two attached hydrogens (primary N) is 2. The smallest absolute Gasteiger partial charge is 0.244 e. The molecule has 28 heteroatoms. The molecule has 5 aromatic rings. The van der Waals surface area contributed by atoms with Crippen LogP contribution in [0.2, 0.25) is 0 Å². The summed E-state index contributed by atoms with van der Waals surface area (Å²) in [7, 11) is 0. The number of benzene rings is 4. The second-order valence-electron chi connectivity index (χ2n) is 20.3. The molecule has 0 bridgehead atoms. The number of aliphatic hydroxyl groups excluding tert-OH is 1. The highest BCUT2D eigenvalue weighted by Gasteiger charge is 2.37. The Balaban J connectivity index is 1.48. The van der Waals surface area contributed by atoms with E-state index in [1.165, 1.54) is 13.1 Å². The average Bonchev–Trinajstić information content (AvgIpc) is 3.00. The molecule has 1 heterocycles. The third kappa shape index (κ3) is 17.9. The predicted molar refractivity (Wildman–Crippen MR) is 307 cm³/mol. The molecule has 4 aromatic carbocycles. The SMILES string of the molecule is CC(=O)N[C@H](Cc1ccc2ccccc2c1)C(=O)N[C@@H](CS)C(=O)N[C@@H](Cc1c(F)c(F)c(F)c(F)c1F)C(=O)N[C@H](Cc1c[nH]c2ccccc12)C(=O)N[C@@H](CCCCN)C(=O)N[C@H](C(=O)N[C@@H](CS)C(=O)N[C@H](C(N)=O)[C@@H](C)O)C(C)C. The third-order valence-corrected chi connectivity index (χ3v) is 14.3. The van der Waals surface area contributed by atoms with Crippen molar-refractivity contribution in [3.63, 3.8) is 0 Å². The van der Waals surface area contributed by atoms with Crippen molar-refractivity contribution in [2.24, 2.45) is 17.4 Å². The molecule has 0 saturated carbocycles. The zero-order valence-corrected chi connectivity index (χ0v) is 47.9. The summed E-state index contributed by atoms with van der Waals surface area (Å²) < 4.78 is 74.9. The van der Waals surface area contributed by atoms with E-state index in [0.717, 1.165) is 17.7 Å². The fraction of sp³-hybridized carbons (Fsp3) is 0.411. The van der Waals surface area contributed by atoms with Crippen LogP contribution in [-0.4, -0.2) is 136 Å². The molecule has 84 heavy (non-hydrogen) atoms. The lowest BCUT2D eigenvalue weighted by Crippen LogP contribution is -2.62. The second-order valence-corrected chi connectivity index (χ2v) is 21.0. The number of halogens is 5. The number of aromatic nitrogens is 1. The Morgan fingerprint density at radius 3 is 1.58 bits per heavy atom. The topological polar surface area (TPSA) is 338 Å². The number of H-pyrrole nitrogens is 1. The number of hydrogen-bond donors (Lipinski definition) is 14. The van der Waals surface area contributed by atoms with E-state index in [4.69, 9.17) is 11.5 Å². The average molecular weight is 1210 g/mol. The van der Waals surface area contributed by atoms with E-state index in [2.05, 4.69) is 72.8 Å². The molecular weight excluding hydrogens is 1150 g/mol. The number of nitrogens with one attached hydrogen (secondary N) is 9. The quantitative estimate of drug-likeness (QED) is 0.0103. The number of para-hydroxylation sites is 1. The van der Waals surface area contributed by atoms with E-state index >= 15 is 8.78 Å². The van der Waals surface area contributed by atoms with Gasteiger partial charge in [0.2, 0.25) is 59.0 Å². The maximum absolute atomic E-state index is 15.5. The van der Waals surface area contributed by atoms with Gasteiger partial charge in [-0.2, -0.15) is 25.3 Å². The number of hydrogen-bond acceptors (Lipinski definition) is 13. The summed E-state index contributed by atoms with van der Waals surface area (Å²) in [5.74, 6) is -22.8. The summed E-state index contributed by atoms with van der Waals surface area (Å²) in [6.45, 7) is 5.60. The van der Waals surface area contributed by atoms with Crippen LogP contribution < -0.4 is 54.0 Å². The van der Waals surface area contributed by atoms with Crippen LogP contribution in [0.5, 0.6) is 0 Å². The molecule has 0 radical (unpaired) electrons. The van der Waals surface area contributed by atoms with Crippen LogP contribution in [0.4, 0.5) is 22.0 Å². The molecule has 5 rings (SSSR count). The molecule has 0 spiro atoms. The van der Waals surface area contributed by atoms with Gasteiger partial charge in [-0.3, -0.25) is 43.2 Å². The van der Waals surface area contributed by atoms with Gasteiger partial charge in [-0.05, 0) is 66.6 Å². The highest BCUT2D eigenvalue weighted by atomic mass is 32.1. The first-order valence-corrected chi connectivity index (χ1v) is 27.9. The lowest BCUT2D eigenvalue weighted by molar-refractivity contribution is -0.136. The van der Waals surface area contributed by atoms with Crippen molar-refractivity contribution >= 4 is 100 Å². The van der Waals surface area contributed by atoms with Crippen LogP contribution >= 0.6 is 25.3 Å². The van der Waals surface area contributed by atoms with E-state index in [1.807, 2.05) is 18.2 Å². The van der Waals surface area contributed by atoms with Crippen molar-refractivity contribution in [1.29, 1.82) is 0 Å². The fourth-order valence-electron chi connectivity index (χ4n) is 9.00. The Morgan fingerprint density at radius 2 is 1.02 bits per heavy atom. The van der Waals surface area contributed by atoms with Crippen LogP contribution in [0, 0.1) is 35.0 Å². The standard InChI is InChI=1S/C56H68F5N11O10S2/c1-26(2)47(56(82)70-41(25-84)55(81)72-48(27(3)73)49(63)75)71-50(76)36(15-9-10-18-62)66-52(78)38(21-32-23-64-35-14-8-7-13-33(32)35)67-53(79)39(22-34-42(57)44(59)46(61)45(60)43(34)58)68-54(80)40(24-83)69-51(77)37(65-28(4)74)20-29-16-17-30-11-5-6-12-31(30)19-29/h5-8,11-14,16-17,19,23,26-27,36-41,47-48,64,73,83-84H,9-10,15,18,20-22,24-25,62H2,1-4H3,(H2,63,75)(H,65,74)(H,66,78)(H,67,79)(H,68,80)(H,69,77)(H,70,82)(H,71,76)(H,72,81)/t27-,36+,37-,38-,39+,40+,41+,47+,48+/m1/s1. The fourth-order valence-corrected chi connectivity index (χ4v) is 9.52. The van der Waals surface area contributed by atoms with E-state index in [-0.39, 0.29) is 31.6 Å². The van der Waals surface area contributed by atoms with E-state index in [1.54, 1.807) is 62.4 Å². The van der Waals surface area contributed by atoms with Gasteiger partial charge in [0.15, 0.2) is 23.3 Å². The first-order valence-electron chi connectivity index (χ1n) is 26.6. The largest absolute Gasteiger partial charge is 0.391 e. The molecule has 14 N–H and O–H groups in total. The number of aromatic amines is 1. The molecule has 9 amide bonds. The minimum atomic E-state index is -2.52. The second kappa shape index (κ2) is 31.2. The lowest BCUT2D eigenvalue weighted by Gasteiger charge is -2.29. The van der Waals surface area contributed by atoms with Crippen LogP contribution in [-0.2, 0) is 62.4 Å². The zero-order chi connectivity index (χ0) is 62.1. The Hall–Kier alpha value is -7.82. The lowest BCUT2D eigenvalue weighted by atomic mass is 9.99. The molecular formula is C56H68F5N11O10S2. The summed E-state index contributed by atoms with van der Waals surface area (Å²) in [4.78, 5) is 126. The van der Waals surface area contributed by atoms with Crippen molar-refractivity contribution in [2.75, 3.05) is 18.1 Å². The van der Waals surface area contributed by atoms with Crippen LogP contribution in [0.15, 0.2) is 72.9 Å². The maximum atomic E-state index is 15.5. The van der Waals surface area contributed by atoms with E-state index in [0.29, 0.717) is 28.5 Å². The highest BCUT2D eigenvalue weighted by Crippen LogP contribution is 2.25. The van der Waals surface area contributed by atoms with Gasteiger partial charge in [-0.25, -0.2) is 22.0 Å². The van der Waals surface area contributed by atoms with E-state index < -0.39 is 167 Å². The minimum Gasteiger partial charge on any atom is -0.391 e. The minimum absolute atomic E-state index is 0.0875. The monoisotopic (exact) mass is 1210 g/mol. The van der Waals surface area contributed by atoms with Crippen molar-refractivity contribution < 1.29 is 70.2 Å². The number of amides is 9. The summed E-state index contributed by atoms with van der Waals surface area (Å²) in [5.41, 5.74) is 11.1. The Morgan fingerprint density at radius 1 is 0.548 bits per heavy atom. The molecule has 21 nitrogen and oxygen atoms in total. The van der Waals surface area contributed by atoms with Gasteiger partial charge in [-0.15, -0.1) is 0 Å². The van der Waals surface area contributed by atoms with Gasteiger partial charge in [0.05, 0.1) is 6.10 Å². The summed E-state index contributed by atoms with van der Waals surface area (Å²) >= 11 is 8.34. The summed E-state index contributed by atoms with van der Waals surface area (Å²) in [6.07, 6.45) is -1.48. The Labute approximate surface area is 490 Å². The van der Waals surface area contributed by atoms with Gasteiger partial charge in [0, 0.05) is 60.4 Å². The number of aliphatic hydroxyl groups is 1. The van der Waals surface area contributed by atoms with Crippen molar-refractivity contribution in [3.05, 3.63) is 119 Å². The molecule has 1 aromatic heterocycles. The molecule has 454 valence electrons. The Kier molecular flexibility index (Phi) is 24.9. The Bertz CT molecular complexity index is 3200. The molecule has 0 fully saturated rings. The highest BCUT2D eigenvalue weighted by molar-refractivity contribution is 7.80. The van der Waals surface area contributed by atoms with Gasteiger partial charge in [-0.1, -0.05) is 74.5 Å². The predicted octanol–water partition coefficient (Wildman–Crippen LogP) is 1.45. The normalized spacial score (nSPS) is 14.6. The summed E-state index contributed by atoms with van der Waals surface area (Å²) in [5, 5.41) is 31.6. The number of carbonyl (C=O) groups excluding carboxylic acids is 9. The summed E-state index contributed by atoms with van der Waals surface area (Å²) in [6, 6.07) is 6.36. The van der Waals surface area contributed by atoms with Crippen LogP contribution in [0.3, 0.4) is 0 Å². The van der Waals surface area contributed by atoms with Crippen molar-refractivity contribution in [1.82, 2.24) is 47.5 Å². The van der Waals surface area contributed by atoms with Crippen LogP contribution in [0.1, 0.15) is 63.6 Å². The molecule has 0 unspecified atom stereocenters. The number of rotatable bonds is 30. The van der Waals surface area contributed by atoms with Crippen molar-refractivity contribution in [3.8, 4) is 0 Å². The van der Waals surface area contributed by atoms with Gasteiger partial charge in [0.1, 0.15) is 48.3 Å². The number of carbonyl (C=O) groups is 9. The van der Waals surface area contributed by atoms with Crippen LogP contribution in [0.25, 0.3) is 21.7 Å². The van der Waals surface area contributed by atoms with Gasteiger partial charge >= 0.3 is 0 Å². The van der Waals surface area contributed by atoms with Gasteiger partial charge in [0.25, 0.3) is 0 Å². The molecule has 0 saturated heterocycles. The molecule has 0 aliphatic heterocycles. The number of fused-ring (bicyclic) bond motifs is 2. The number of thiol groups is 2. The maximum Gasteiger partial charge on any atom is 0.244 e. The molecule has 9 atom stereocenters. The molecule has 0 aliphatic carbocycles. The number of unbranched alkanes of at least 4 members (excludes halogenated alkanes) is 1. The molecule has 0 aliphatic rings. The van der Waals surface area contributed by atoms with E-state index in [9.17, 15) is 61.4 Å². The number of primary amides is 1. The first-order chi connectivity index (χ1) is 39.8. The first kappa shape index (κ1) is 67.0.